The Morgan fingerprint density at radius 3 is 2.59 bits per heavy atom. The molecule has 2 heterocycles. The number of carbonyl (C=O) groups excluding carboxylic acids is 1. The van der Waals surface area contributed by atoms with Gasteiger partial charge in [-0.1, -0.05) is 20.8 Å². The van der Waals surface area contributed by atoms with Crippen molar-refractivity contribution in [2.45, 2.75) is 52.6 Å². The van der Waals surface area contributed by atoms with Gasteiger partial charge in [0.15, 0.2) is 23.1 Å². The van der Waals surface area contributed by atoms with Gasteiger partial charge in [-0.25, -0.2) is 9.18 Å². The van der Waals surface area contributed by atoms with E-state index in [1.165, 1.54) is 12.1 Å². The molecule has 4 rings (SSSR count). The normalized spacial score (nSPS) is 14.6. The van der Waals surface area contributed by atoms with Gasteiger partial charge in [0.05, 0.1) is 25.3 Å². The average Bonchev–Trinajstić information content (AvgIpc) is 2.92. The standard InChI is InChI=1S/C31H41FN4O5/c1-31(2,3)11-13-34-30(38)35-21-6-7-27(24(32)18-21)41-26-8-12-33-25-20-29(28(39-4)19-23(25)26)40-17-5-14-36-15-9-22(37)10-16-36/h6-8,12,18-20,22,37H,5,9-11,13-17H2,1-4H3,(H2,34,35,38). The van der Waals surface area contributed by atoms with Gasteiger partial charge in [-0.3, -0.25) is 4.98 Å². The van der Waals surface area contributed by atoms with Crippen LogP contribution in [0.3, 0.4) is 0 Å². The molecule has 1 saturated heterocycles. The van der Waals surface area contributed by atoms with E-state index in [9.17, 15) is 14.3 Å². The molecule has 0 saturated carbocycles. The molecule has 1 aliphatic heterocycles. The SMILES string of the molecule is COc1cc2c(Oc3ccc(NC(=O)NCCC(C)(C)C)cc3F)ccnc2cc1OCCCN1CCC(O)CC1. The van der Waals surface area contributed by atoms with Crippen LogP contribution in [0, 0.1) is 11.2 Å². The fraction of sp³-hybridized carbons (Fsp3) is 0.484. The molecule has 1 aromatic heterocycles. The van der Waals surface area contributed by atoms with Crippen LogP contribution in [-0.4, -0.2) is 67.0 Å². The van der Waals surface area contributed by atoms with Crippen molar-refractivity contribution in [3.05, 3.63) is 48.4 Å². The van der Waals surface area contributed by atoms with Crippen LogP contribution >= 0.6 is 0 Å². The third kappa shape index (κ3) is 8.93. The lowest BCUT2D eigenvalue weighted by Crippen LogP contribution is -2.36. The van der Waals surface area contributed by atoms with E-state index in [-0.39, 0.29) is 23.3 Å². The molecule has 1 aliphatic rings. The number of likely N-dealkylation sites (tertiary alicyclic amines) is 1. The summed E-state index contributed by atoms with van der Waals surface area (Å²) in [5, 5.41) is 15.8. The Kier molecular flexibility index (Phi) is 10.2. The summed E-state index contributed by atoms with van der Waals surface area (Å²) in [5.74, 6) is 0.903. The van der Waals surface area contributed by atoms with Crippen LogP contribution < -0.4 is 24.8 Å². The number of benzene rings is 2. The van der Waals surface area contributed by atoms with Gasteiger partial charge in [0, 0.05) is 55.6 Å². The van der Waals surface area contributed by atoms with E-state index < -0.39 is 5.82 Å². The fourth-order valence-electron chi connectivity index (χ4n) is 4.61. The van der Waals surface area contributed by atoms with E-state index in [1.54, 1.807) is 37.6 Å². The first kappa shape index (κ1) is 30.3. The summed E-state index contributed by atoms with van der Waals surface area (Å²) in [6.45, 7) is 10.0. The van der Waals surface area contributed by atoms with Crippen molar-refractivity contribution in [3.8, 4) is 23.0 Å². The number of hydrogen-bond donors (Lipinski definition) is 3. The summed E-state index contributed by atoms with van der Waals surface area (Å²) in [4.78, 5) is 18.9. The Labute approximate surface area is 241 Å². The Balaban J connectivity index is 1.38. The summed E-state index contributed by atoms with van der Waals surface area (Å²) in [6, 6.07) is 9.12. The van der Waals surface area contributed by atoms with Crippen molar-refractivity contribution in [1.29, 1.82) is 0 Å². The van der Waals surface area contributed by atoms with Crippen molar-refractivity contribution in [2.24, 2.45) is 5.41 Å². The zero-order chi connectivity index (χ0) is 29.4. The van der Waals surface area contributed by atoms with Crippen LogP contribution in [0.5, 0.6) is 23.0 Å². The molecule has 1 fully saturated rings. The van der Waals surface area contributed by atoms with Crippen LogP contribution in [0.25, 0.3) is 10.9 Å². The summed E-state index contributed by atoms with van der Waals surface area (Å²) in [7, 11) is 1.56. The number of aliphatic hydroxyl groups excluding tert-OH is 1. The number of nitrogens with one attached hydrogen (secondary N) is 2. The number of halogens is 1. The van der Waals surface area contributed by atoms with Gasteiger partial charge in [0.1, 0.15) is 5.75 Å². The first-order valence-corrected chi connectivity index (χ1v) is 14.1. The highest BCUT2D eigenvalue weighted by molar-refractivity contribution is 5.90. The zero-order valence-corrected chi connectivity index (χ0v) is 24.3. The van der Waals surface area contributed by atoms with Gasteiger partial charge < -0.3 is 34.9 Å². The topological polar surface area (TPSA) is 105 Å². The molecule has 0 aliphatic carbocycles. The van der Waals surface area contributed by atoms with Crippen molar-refractivity contribution >= 4 is 22.6 Å². The van der Waals surface area contributed by atoms with E-state index in [4.69, 9.17) is 14.2 Å². The van der Waals surface area contributed by atoms with E-state index in [0.29, 0.717) is 47.0 Å². The number of fused-ring (bicyclic) bond motifs is 1. The Bertz CT molecular complexity index is 1320. The first-order chi connectivity index (χ1) is 19.6. The predicted octanol–water partition coefficient (Wildman–Crippen LogP) is 5.96. The summed E-state index contributed by atoms with van der Waals surface area (Å²) in [6.07, 6.45) is 4.71. The second-order valence-electron chi connectivity index (χ2n) is 11.5. The van der Waals surface area contributed by atoms with Crippen LogP contribution in [-0.2, 0) is 0 Å². The minimum atomic E-state index is -0.613. The highest BCUT2D eigenvalue weighted by Crippen LogP contribution is 2.38. The number of aromatic nitrogens is 1. The quantitative estimate of drug-likeness (QED) is 0.245. The van der Waals surface area contributed by atoms with Gasteiger partial charge >= 0.3 is 6.03 Å². The van der Waals surface area contributed by atoms with E-state index in [1.807, 2.05) is 0 Å². The number of rotatable bonds is 11. The van der Waals surface area contributed by atoms with Crippen LogP contribution in [0.2, 0.25) is 0 Å². The number of pyridine rings is 1. The number of hydrogen-bond acceptors (Lipinski definition) is 7. The van der Waals surface area contributed by atoms with Gasteiger partial charge in [0.25, 0.3) is 0 Å². The minimum Gasteiger partial charge on any atom is -0.493 e. The molecule has 41 heavy (non-hydrogen) atoms. The third-order valence-electron chi connectivity index (χ3n) is 6.99. The molecule has 0 unspecified atom stereocenters. The highest BCUT2D eigenvalue weighted by Gasteiger charge is 2.17. The smallest absolute Gasteiger partial charge is 0.319 e. The molecule has 9 nitrogen and oxygen atoms in total. The lowest BCUT2D eigenvalue weighted by Gasteiger charge is -2.29. The predicted molar refractivity (Wildman–Crippen MR) is 158 cm³/mol. The molecule has 3 N–H and O–H groups in total. The molecule has 0 radical (unpaired) electrons. The van der Waals surface area contributed by atoms with Crippen molar-refractivity contribution in [2.75, 3.05) is 45.2 Å². The number of ether oxygens (including phenoxy) is 3. The number of piperidine rings is 1. The van der Waals surface area contributed by atoms with Crippen LogP contribution in [0.1, 0.15) is 46.5 Å². The Morgan fingerprint density at radius 1 is 1.10 bits per heavy atom. The van der Waals surface area contributed by atoms with Gasteiger partial charge in [-0.2, -0.15) is 0 Å². The maximum absolute atomic E-state index is 15.0. The summed E-state index contributed by atoms with van der Waals surface area (Å²) >= 11 is 0. The Hall–Kier alpha value is -3.63. The molecule has 10 heteroatoms. The molecule has 0 atom stereocenters. The number of amides is 2. The largest absolute Gasteiger partial charge is 0.493 e. The number of nitrogens with zero attached hydrogens (tertiary/aromatic N) is 2. The monoisotopic (exact) mass is 568 g/mol. The maximum atomic E-state index is 15.0. The van der Waals surface area contributed by atoms with Gasteiger partial charge in [-0.05, 0) is 55.4 Å². The highest BCUT2D eigenvalue weighted by atomic mass is 19.1. The molecule has 222 valence electrons. The van der Waals surface area contributed by atoms with E-state index in [0.717, 1.165) is 45.3 Å². The van der Waals surface area contributed by atoms with Crippen LogP contribution in [0.4, 0.5) is 14.9 Å². The molecular formula is C31H41FN4O5. The van der Waals surface area contributed by atoms with Crippen molar-refractivity contribution in [3.63, 3.8) is 0 Å². The van der Waals surface area contributed by atoms with E-state index >= 15 is 0 Å². The number of methoxy groups -OCH3 is 1. The maximum Gasteiger partial charge on any atom is 0.319 e. The minimum absolute atomic E-state index is 0.0146. The summed E-state index contributed by atoms with van der Waals surface area (Å²) < 4.78 is 32.5. The zero-order valence-electron chi connectivity index (χ0n) is 24.3. The summed E-state index contributed by atoms with van der Waals surface area (Å²) in [5.41, 5.74) is 1.05. The van der Waals surface area contributed by atoms with Crippen LogP contribution in [0.15, 0.2) is 42.6 Å². The molecular weight excluding hydrogens is 527 g/mol. The van der Waals surface area contributed by atoms with Crippen molar-refractivity contribution < 1.29 is 28.5 Å². The van der Waals surface area contributed by atoms with Gasteiger partial charge in [-0.15, -0.1) is 0 Å². The van der Waals surface area contributed by atoms with Gasteiger partial charge in [0.2, 0.25) is 0 Å². The molecule has 0 bridgehead atoms. The molecule has 2 aromatic carbocycles. The lowest BCUT2D eigenvalue weighted by atomic mass is 9.92. The molecule has 0 spiro atoms. The number of carbonyl (C=O) groups is 1. The molecule has 3 aromatic rings. The average molecular weight is 569 g/mol. The number of urea groups is 1. The molecule has 2 amide bonds. The number of anilines is 1. The van der Waals surface area contributed by atoms with Crippen molar-refractivity contribution in [1.82, 2.24) is 15.2 Å². The number of aliphatic hydroxyl groups is 1. The fourth-order valence-corrected chi connectivity index (χ4v) is 4.61. The van der Waals surface area contributed by atoms with E-state index in [2.05, 4.69) is 41.3 Å². The Morgan fingerprint density at radius 2 is 1.88 bits per heavy atom. The second-order valence-corrected chi connectivity index (χ2v) is 11.5. The first-order valence-electron chi connectivity index (χ1n) is 14.1. The lowest BCUT2D eigenvalue weighted by molar-refractivity contribution is 0.0799. The second kappa shape index (κ2) is 13.8. The third-order valence-corrected chi connectivity index (χ3v) is 6.99.